The SMILES string of the molecule is C=CCCOC(C)C(=O)NCC(c1ccccc1)N(C)C. The fourth-order valence-electron chi connectivity index (χ4n) is 2.02. The van der Waals surface area contributed by atoms with Gasteiger partial charge in [0.15, 0.2) is 0 Å². The third-order valence-corrected chi connectivity index (χ3v) is 3.34. The van der Waals surface area contributed by atoms with Gasteiger partial charge in [0.1, 0.15) is 6.10 Å². The number of amides is 1. The molecule has 0 heterocycles. The number of ether oxygens (including phenoxy) is 1. The van der Waals surface area contributed by atoms with Crippen molar-refractivity contribution < 1.29 is 9.53 Å². The first kappa shape index (κ1) is 17.4. The van der Waals surface area contributed by atoms with E-state index >= 15 is 0 Å². The molecule has 1 N–H and O–H groups in total. The number of likely N-dealkylation sites (N-methyl/N-ethyl adjacent to an activating group) is 1. The summed E-state index contributed by atoms with van der Waals surface area (Å²) in [5.74, 6) is -0.0816. The Kier molecular flexibility index (Phi) is 7.72. The smallest absolute Gasteiger partial charge is 0.248 e. The molecule has 0 spiro atoms. The first-order valence-electron chi connectivity index (χ1n) is 7.27. The Bertz CT molecular complexity index is 432. The molecule has 1 rings (SSSR count). The van der Waals surface area contributed by atoms with Crippen LogP contribution in [0.3, 0.4) is 0 Å². The lowest BCUT2D eigenvalue weighted by atomic mass is 10.1. The maximum absolute atomic E-state index is 12.0. The summed E-state index contributed by atoms with van der Waals surface area (Å²) >= 11 is 0. The monoisotopic (exact) mass is 290 g/mol. The number of hydrogen-bond donors (Lipinski definition) is 1. The van der Waals surface area contributed by atoms with E-state index in [-0.39, 0.29) is 11.9 Å². The molecule has 1 aromatic rings. The number of nitrogens with zero attached hydrogens (tertiary/aromatic N) is 1. The van der Waals surface area contributed by atoms with E-state index in [1.54, 1.807) is 13.0 Å². The minimum atomic E-state index is -0.441. The van der Waals surface area contributed by atoms with Crippen molar-refractivity contribution >= 4 is 5.91 Å². The van der Waals surface area contributed by atoms with Crippen LogP contribution >= 0.6 is 0 Å². The van der Waals surface area contributed by atoms with Gasteiger partial charge in [0.25, 0.3) is 0 Å². The minimum Gasteiger partial charge on any atom is -0.368 e. The van der Waals surface area contributed by atoms with Gasteiger partial charge in [0, 0.05) is 6.54 Å². The molecule has 0 radical (unpaired) electrons. The average Bonchev–Trinajstić information content (AvgIpc) is 2.48. The molecule has 4 heteroatoms. The highest BCUT2D eigenvalue weighted by Gasteiger charge is 2.18. The molecule has 0 saturated carbocycles. The molecular weight excluding hydrogens is 264 g/mol. The molecule has 0 bridgehead atoms. The van der Waals surface area contributed by atoms with Crippen LogP contribution in [0.5, 0.6) is 0 Å². The van der Waals surface area contributed by atoms with Gasteiger partial charge in [-0.05, 0) is 33.0 Å². The predicted octanol–water partition coefficient (Wildman–Crippen LogP) is 2.39. The fraction of sp³-hybridized carbons (Fsp3) is 0.471. The van der Waals surface area contributed by atoms with Crippen LogP contribution in [0.4, 0.5) is 0 Å². The van der Waals surface area contributed by atoms with Gasteiger partial charge in [0.2, 0.25) is 5.91 Å². The average molecular weight is 290 g/mol. The molecule has 0 aliphatic rings. The normalized spacial score (nSPS) is 13.7. The summed E-state index contributed by atoms with van der Waals surface area (Å²) in [5.41, 5.74) is 1.18. The van der Waals surface area contributed by atoms with Crippen LogP contribution in [0.2, 0.25) is 0 Å². The van der Waals surface area contributed by atoms with Crippen molar-refractivity contribution in [3.05, 3.63) is 48.6 Å². The molecule has 0 aliphatic heterocycles. The summed E-state index contributed by atoms with van der Waals surface area (Å²) in [7, 11) is 4.02. The van der Waals surface area contributed by atoms with Crippen molar-refractivity contribution in [2.75, 3.05) is 27.2 Å². The van der Waals surface area contributed by atoms with E-state index in [0.29, 0.717) is 13.2 Å². The Labute approximate surface area is 127 Å². The molecule has 2 atom stereocenters. The number of nitrogens with one attached hydrogen (secondary N) is 1. The van der Waals surface area contributed by atoms with Crippen molar-refractivity contribution in [1.29, 1.82) is 0 Å². The summed E-state index contributed by atoms with van der Waals surface area (Å²) in [6, 6.07) is 10.3. The molecule has 1 aromatic carbocycles. The van der Waals surface area contributed by atoms with E-state index in [1.807, 2.05) is 32.3 Å². The van der Waals surface area contributed by atoms with Crippen LogP contribution in [0.1, 0.15) is 24.9 Å². The zero-order chi connectivity index (χ0) is 15.7. The first-order chi connectivity index (χ1) is 10.1. The topological polar surface area (TPSA) is 41.6 Å². The van der Waals surface area contributed by atoms with E-state index in [9.17, 15) is 4.79 Å². The number of benzene rings is 1. The summed E-state index contributed by atoms with van der Waals surface area (Å²) in [4.78, 5) is 14.1. The standard InChI is InChI=1S/C17H26N2O2/c1-5-6-12-21-14(2)17(20)18-13-16(19(3)4)15-10-8-7-9-11-15/h5,7-11,14,16H,1,6,12-13H2,2-4H3,(H,18,20). The Hall–Kier alpha value is -1.65. The molecule has 116 valence electrons. The van der Waals surface area contributed by atoms with Gasteiger partial charge in [-0.2, -0.15) is 0 Å². The molecule has 0 saturated heterocycles. The van der Waals surface area contributed by atoms with Gasteiger partial charge in [-0.3, -0.25) is 4.79 Å². The van der Waals surface area contributed by atoms with Crippen molar-refractivity contribution in [2.45, 2.75) is 25.5 Å². The quantitative estimate of drug-likeness (QED) is 0.561. The van der Waals surface area contributed by atoms with Crippen LogP contribution in [0.15, 0.2) is 43.0 Å². The highest BCUT2D eigenvalue weighted by atomic mass is 16.5. The molecule has 0 aliphatic carbocycles. The molecule has 2 unspecified atom stereocenters. The fourth-order valence-corrected chi connectivity index (χ4v) is 2.02. The van der Waals surface area contributed by atoms with Crippen molar-refractivity contribution in [1.82, 2.24) is 10.2 Å². The summed E-state index contributed by atoms with van der Waals surface area (Å²) in [6.45, 7) is 6.48. The van der Waals surface area contributed by atoms with Crippen molar-refractivity contribution in [2.24, 2.45) is 0 Å². The second-order valence-electron chi connectivity index (χ2n) is 5.23. The second-order valence-corrected chi connectivity index (χ2v) is 5.23. The van der Waals surface area contributed by atoms with E-state index < -0.39 is 6.10 Å². The van der Waals surface area contributed by atoms with Crippen molar-refractivity contribution in [3.8, 4) is 0 Å². The summed E-state index contributed by atoms with van der Waals surface area (Å²) in [5, 5.41) is 2.96. The number of carbonyl (C=O) groups excluding carboxylic acids is 1. The maximum atomic E-state index is 12.0. The Balaban J connectivity index is 2.50. The highest BCUT2D eigenvalue weighted by Crippen LogP contribution is 2.16. The molecular formula is C17H26N2O2. The minimum absolute atomic E-state index is 0.0816. The highest BCUT2D eigenvalue weighted by molar-refractivity contribution is 5.80. The van der Waals surface area contributed by atoms with E-state index in [4.69, 9.17) is 4.74 Å². The lowest BCUT2D eigenvalue weighted by Crippen LogP contribution is -2.40. The third-order valence-electron chi connectivity index (χ3n) is 3.34. The molecule has 21 heavy (non-hydrogen) atoms. The van der Waals surface area contributed by atoms with Crippen molar-refractivity contribution in [3.63, 3.8) is 0 Å². The maximum Gasteiger partial charge on any atom is 0.248 e. The van der Waals surface area contributed by atoms with Crippen LogP contribution in [-0.4, -0.2) is 44.2 Å². The Morgan fingerprint density at radius 2 is 2.05 bits per heavy atom. The Morgan fingerprint density at radius 1 is 1.38 bits per heavy atom. The number of carbonyl (C=O) groups is 1. The summed E-state index contributed by atoms with van der Waals surface area (Å²) < 4.78 is 5.45. The predicted molar refractivity (Wildman–Crippen MR) is 86.1 cm³/mol. The molecule has 0 fully saturated rings. The number of rotatable bonds is 9. The van der Waals surface area contributed by atoms with Gasteiger partial charge in [-0.15, -0.1) is 6.58 Å². The lowest BCUT2D eigenvalue weighted by molar-refractivity contribution is -0.131. The van der Waals surface area contributed by atoms with E-state index in [2.05, 4.69) is 28.9 Å². The first-order valence-corrected chi connectivity index (χ1v) is 7.27. The van der Waals surface area contributed by atoms with Gasteiger partial charge in [-0.25, -0.2) is 0 Å². The van der Waals surface area contributed by atoms with Gasteiger partial charge in [-0.1, -0.05) is 36.4 Å². The third kappa shape index (κ3) is 6.10. The number of hydrogen-bond acceptors (Lipinski definition) is 3. The molecule has 0 aromatic heterocycles. The van der Waals surface area contributed by atoms with E-state index in [1.165, 1.54) is 5.56 Å². The van der Waals surface area contributed by atoms with Gasteiger partial charge >= 0.3 is 0 Å². The lowest BCUT2D eigenvalue weighted by Gasteiger charge is -2.25. The molecule has 4 nitrogen and oxygen atoms in total. The second kappa shape index (κ2) is 9.32. The van der Waals surface area contributed by atoms with Crippen LogP contribution < -0.4 is 5.32 Å². The van der Waals surface area contributed by atoms with Crippen LogP contribution in [-0.2, 0) is 9.53 Å². The van der Waals surface area contributed by atoms with Crippen LogP contribution in [0, 0.1) is 0 Å². The zero-order valence-electron chi connectivity index (χ0n) is 13.2. The van der Waals surface area contributed by atoms with E-state index in [0.717, 1.165) is 6.42 Å². The van der Waals surface area contributed by atoms with Gasteiger partial charge < -0.3 is 15.0 Å². The van der Waals surface area contributed by atoms with Crippen LogP contribution in [0.25, 0.3) is 0 Å². The largest absolute Gasteiger partial charge is 0.368 e. The molecule has 1 amide bonds. The Morgan fingerprint density at radius 3 is 2.62 bits per heavy atom. The summed E-state index contributed by atoms with van der Waals surface area (Å²) in [6.07, 6.45) is 2.09. The van der Waals surface area contributed by atoms with Gasteiger partial charge in [0.05, 0.1) is 12.6 Å². The zero-order valence-corrected chi connectivity index (χ0v) is 13.2.